The molecule has 0 N–H and O–H groups in total. The Morgan fingerprint density at radius 1 is 1.11 bits per heavy atom. The zero-order valence-corrected chi connectivity index (χ0v) is 11.4. The third kappa shape index (κ3) is 1.89. The van der Waals surface area contributed by atoms with Crippen LogP contribution in [0.2, 0.25) is 0 Å². The van der Waals surface area contributed by atoms with Crippen LogP contribution in [0.1, 0.15) is 0 Å². The molecule has 0 aliphatic heterocycles. The zero-order valence-electron chi connectivity index (χ0n) is 3.99. The van der Waals surface area contributed by atoms with Crippen LogP contribution in [0, 0.1) is 11.1 Å². The second-order valence-corrected chi connectivity index (χ2v) is 4.80. The second kappa shape index (κ2) is 3.48. The van der Waals surface area contributed by atoms with Crippen LogP contribution in [0.3, 0.4) is 0 Å². The first-order chi connectivity index (χ1) is 4.13. The summed E-state index contributed by atoms with van der Waals surface area (Å²) < 4.78 is 8.12. The highest BCUT2D eigenvalue weighted by molar-refractivity contribution is 14.1. The summed E-state index contributed by atoms with van der Waals surface area (Å²) in [6.07, 6.45) is 0. The van der Waals surface area contributed by atoms with Gasteiger partial charge in [0.05, 0.1) is 8.47 Å². The fourth-order valence-electron chi connectivity index (χ4n) is 0.351. The molecule has 0 spiro atoms. The van der Waals surface area contributed by atoms with Crippen LogP contribution < -0.4 is 0 Å². The van der Waals surface area contributed by atoms with Gasteiger partial charge in [-0.3, -0.25) is 0 Å². The van der Waals surface area contributed by atoms with E-state index in [9.17, 15) is 0 Å². The molecule has 1 aromatic heterocycles. The minimum absolute atomic E-state index is 0.865. The topological polar surface area (TPSA) is 13.1 Å². The monoisotopic (exact) mass is 478 g/mol. The molecule has 0 saturated carbocycles. The van der Waals surface area contributed by atoms with Crippen molar-refractivity contribution >= 4 is 80.4 Å². The average molecular weight is 478 g/mol. The van der Waals surface area contributed by atoms with Gasteiger partial charge in [-0.1, -0.05) is 0 Å². The molecule has 0 amide bonds. The van der Waals surface area contributed by atoms with E-state index in [2.05, 4.69) is 80.4 Å². The van der Waals surface area contributed by atoms with Gasteiger partial charge in [0, 0.05) is 45.2 Å². The van der Waals surface area contributed by atoms with Gasteiger partial charge in [0.15, 0.2) is 7.53 Å². The molecule has 0 saturated heterocycles. The van der Waals surface area contributed by atoms with Gasteiger partial charge in [-0.2, -0.15) is 0 Å². The highest BCUT2D eigenvalue weighted by Gasteiger charge is 2.09. The normalized spacial score (nSPS) is 10.2. The van der Waals surface area contributed by atoms with Crippen molar-refractivity contribution in [3.63, 3.8) is 0 Å². The van der Waals surface area contributed by atoms with Crippen LogP contribution in [0.4, 0.5) is 0 Å². The molecule has 1 rings (SSSR count). The first kappa shape index (κ1) is 8.91. The molecule has 0 unspecified atom stereocenters. The van der Waals surface area contributed by atoms with Gasteiger partial charge in [-0.25, -0.2) is 0 Å². The summed E-state index contributed by atoms with van der Waals surface area (Å²) in [5.41, 5.74) is 0. The van der Waals surface area contributed by atoms with E-state index in [4.69, 9.17) is 4.42 Å². The maximum Gasteiger partial charge on any atom is 0.179 e. The number of thiol groups is 1. The molecule has 0 bridgehead atoms. The van der Waals surface area contributed by atoms with Crippen molar-refractivity contribution in [1.82, 2.24) is 0 Å². The lowest BCUT2D eigenvalue weighted by molar-refractivity contribution is 0.503. The SMILES string of the molecule is Sc1c(I)oc(I)c1I. The van der Waals surface area contributed by atoms with Crippen LogP contribution >= 0.6 is 80.4 Å². The van der Waals surface area contributed by atoms with Crippen molar-refractivity contribution in [3.8, 4) is 0 Å². The van der Waals surface area contributed by atoms with Gasteiger partial charge in [0.25, 0.3) is 0 Å². The van der Waals surface area contributed by atoms with E-state index in [1.807, 2.05) is 0 Å². The summed E-state index contributed by atoms with van der Waals surface area (Å²) in [5, 5.41) is 0. The first-order valence-corrected chi connectivity index (χ1v) is 5.63. The predicted molar refractivity (Wildman–Crippen MR) is 64.1 cm³/mol. The van der Waals surface area contributed by atoms with Crippen LogP contribution in [0.15, 0.2) is 9.31 Å². The molecule has 50 valence electrons. The van der Waals surface area contributed by atoms with Crippen molar-refractivity contribution < 1.29 is 4.42 Å². The van der Waals surface area contributed by atoms with Gasteiger partial charge in [0.1, 0.15) is 0 Å². The number of hydrogen-bond donors (Lipinski definition) is 1. The Labute approximate surface area is 99.2 Å². The maximum absolute atomic E-state index is 5.23. The van der Waals surface area contributed by atoms with Crippen molar-refractivity contribution in [2.24, 2.45) is 0 Å². The molecule has 0 fully saturated rings. The Balaban J connectivity index is 3.29. The van der Waals surface area contributed by atoms with Crippen molar-refractivity contribution in [1.29, 1.82) is 0 Å². The molecule has 5 heteroatoms. The highest BCUT2D eigenvalue weighted by atomic mass is 127. The molecule has 0 radical (unpaired) electrons. The van der Waals surface area contributed by atoms with Crippen LogP contribution in [-0.2, 0) is 0 Å². The quantitative estimate of drug-likeness (QED) is 0.447. The molecule has 0 aromatic carbocycles. The Hall–Kier alpha value is 1.82. The Bertz CT molecular complexity index is 209. The van der Waals surface area contributed by atoms with Gasteiger partial charge in [0.2, 0.25) is 0 Å². The molecule has 9 heavy (non-hydrogen) atoms. The van der Waals surface area contributed by atoms with E-state index in [-0.39, 0.29) is 0 Å². The summed E-state index contributed by atoms with van der Waals surface area (Å²) in [7, 11) is 0. The Morgan fingerprint density at radius 3 is 1.78 bits per heavy atom. The van der Waals surface area contributed by atoms with Crippen LogP contribution in [0.25, 0.3) is 0 Å². The van der Waals surface area contributed by atoms with Gasteiger partial charge in [-0.05, 0) is 22.6 Å². The predicted octanol–water partition coefficient (Wildman–Crippen LogP) is 3.38. The van der Waals surface area contributed by atoms with E-state index >= 15 is 0 Å². The van der Waals surface area contributed by atoms with Crippen LogP contribution in [0.5, 0.6) is 0 Å². The lowest BCUT2D eigenvalue weighted by Gasteiger charge is -1.80. The number of furan rings is 1. The molecule has 1 heterocycles. The molecule has 1 aromatic rings. The van der Waals surface area contributed by atoms with Gasteiger partial charge >= 0.3 is 0 Å². The lowest BCUT2D eigenvalue weighted by Crippen LogP contribution is -1.66. The number of rotatable bonds is 0. The minimum atomic E-state index is 0.865. The standard InChI is InChI=1S/C4HI3OS/c5-1-2(9)4(7)8-3(1)6/h9H. The van der Waals surface area contributed by atoms with Crippen molar-refractivity contribution in [2.45, 2.75) is 4.90 Å². The average Bonchev–Trinajstić information content (AvgIpc) is 1.98. The maximum atomic E-state index is 5.23. The summed E-state index contributed by atoms with van der Waals surface area (Å²) in [5.74, 6) is 0. The fraction of sp³-hybridized carbons (Fsp3) is 0. The molecular formula is C4HI3OS. The summed E-state index contributed by atoms with van der Waals surface area (Å²) in [6, 6.07) is 0. The number of hydrogen-bond acceptors (Lipinski definition) is 2. The second-order valence-electron chi connectivity index (χ2n) is 1.31. The smallest absolute Gasteiger partial charge is 0.179 e. The largest absolute Gasteiger partial charge is 0.442 e. The Kier molecular flexibility index (Phi) is 3.44. The fourth-order valence-corrected chi connectivity index (χ4v) is 2.98. The van der Waals surface area contributed by atoms with Gasteiger partial charge in [-0.15, -0.1) is 12.6 Å². The first-order valence-electron chi connectivity index (χ1n) is 1.95. The third-order valence-electron chi connectivity index (χ3n) is 0.746. The van der Waals surface area contributed by atoms with E-state index in [1.165, 1.54) is 0 Å². The van der Waals surface area contributed by atoms with E-state index < -0.39 is 0 Å². The summed E-state index contributed by atoms with van der Waals surface area (Å²) in [4.78, 5) is 0.945. The highest BCUT2D eigenvalue weighted by Crippen LogP contribution is 2.29. The minimum Gasteiger partial charge on any atom is -0.442 e. The van der Waals surface area contributed by atoms with Crippen molar-refractivity contribution in [2.75, 3.05) is 0 Å². The van der Waals surface area contributed by atoms with Crippen LogP contribution in [-0.4, -0.2) is 0 Å². The molecule has 1 nitrogen and oxygen atoms in total. The Morgan fingerprint density at radius 2 is 1.67 bits per heavy atom. The van der Waals surface area contributed by atoms with Crippen molar-refractivity contribution in [3.05, 3.63) is 11.1 Å². The molecule has 0 aliphatic rings. The lowest BCUT2D eigenvalue weighted by atomic mass is 10.7. The third-order valence-corrected chi connectivity index (χ3v) is 5.61. The number of halogens is 3. The van der Waals surface area contributed by atoms with E-state index in [0.29, 0.717) is 0 Å². The summed E-state index contributed by atoms with van der Waals surface area (Å²) >= 11 is 10.7. The van der Waals surface area contributed by atoms with E-state index in [0.717, 1.165) is 16.0 Å². The molecule has 0 atom stereocenters. The van der Waals surface area contributed by atoms with E-state index in [1.54, 1.807) is 0 Å². The summed E-state index contributed by atoms with van der Waals surface area (Å²) in [6.45, 7) is 0. The molecule has 0 aliphatic carbocycles. The van der Waals surface area contributed by atoms with Gasteiger partial charge < -0.3 is 4.42 Å². The molecular weight excluding hydrogens is 477 g/mol. The zero-order chi connectivity index (χ0) is 7.02.